The first-order valence-electron chi connectivity index (χ1n) is 4.82. The molecule has 1 aliphatic rings. The Morgan fingerprint density at radius 1 is 1.50 bits per heavy atom. The number of ether oxygens (including phenoxy) is 2. The summed E-state index contributed by atoms with van der Waals surface area (Å²) < 4.78 is 10.9. The minimum absolute atomic E-state index is 0.276. The Bertz CT molecular complexity index is 295. The Labute approximate surface area is 89.6 Å². The Morgan fingerprint density at radius 2 is 2.43 bits per heavy atom. The van der Waals surface area contributed by atoms with Gasteiger partial charge in [-0.1, -0.05) is 12.1 Å². The zero-order valence-electron chi connectivity index (χ0n) is 7.98. The molecule has 76 valence electrons. The molecular weight excluding hydrogens is 196 g/mol. The molecule has 0 aromatic heterocycles. The van der Waals surface area contributed by atoms with Gasteiger partial charge in [-0.25, -0.2) is 0 Å². The number of thiol groups is 1. The van der Waals surface area contributed by atoms with Gasteiger partial charge in [-0.05, 0) is 24.1 Å². The molecule has 0 N–H and O–H groups in total. The van der Waals surface area contributed by atoms with E-state index in [1.807, 2.05) is 18.2 Å². The van der Waals surface area contributed by atoms with Gasteiger partial charge in [-0.15, -0.1) is 12.6 Å². The second-order valence-corrected chi connectivity index (χ2v) is 3.98. The summed E-state index contributed by atoms with van der Waals surface area (Å²) in [7, 11) is 0. The third kappa shape index (κ3) is 2.74. The number of hydrogen-bond acceptors (Lipinski definition) is 3. The summed E-state index contributed by atoms with van der Waals surface area (Å²) in [5.41, 5.74) is 1.17. The first kappa shape index (κ1) is 10.0. The van der Waals surface area contributed by atoms with E-state index in [9.17, 15) is 0 Å². The van der Waals surface area contributed by atoms with Crippen LogP contribution in [0.2, 0.25) is 0 Å². The van der Waals surface area contributed by atoms with Crippen molar-refractivity contribution in [3.8, 4) is 0 Å². The molecule has 1 aromatic carbocycles. The van der Waals surface area contributed by atoms with Crippen LogP contribution in [0.5, 0.6) is 0 Å². The average Bonchev–Trinajstić information content (AvgIpc) is 2.67. The Hall–Kier alpha value is -0.510. The summed E-state index contributed by atoms with van der Waals surface area (Å²) >= 11 is 4.28. The van der Waals surface area contributed by atoms with Crippen LogP contribution in [0.1, 0.15) is 12.0 Å². The highest BCUT2D eigenvalue weighted by molar-refractivity contribution is 7.80. The first-order valence-corrected chi connectivity index (χ1v) is 5.26. The molecule has 0 saturated carbocycles. The minimum Gasteiger partial charge on any atom is -0.379 e. The molecule has 1 aromatic rings. The standard InChI is InChI=1S/C11H14O2S/c14-11-3-1-2-9(6-11)7-13-10-4-5-12-8-10/h1-3,6,10,14H,4-5,7-8H2. The summed E-state index contributed by atoms with van der Waals surface area (Å²) in [5.74, 6) is 0. The minimum atomic E-state index is 0.276. The van der Waals surface area contributed by atoms with Gasteiger partial charge in [0.2, 0.25) is 0 Å². The van der Waals surface area contributed by atoms with Gasteiger partial charge in [-0.3, -0.25) is 0 Å². The van der Waals surface area contributed by atoms with E-state index in [1.165, 1.54) is 5.56 Å². The summed E-state index contributed by atoms with van der Waals surface area (Å²) in [5, 5.41) is 0. The van der Waals surface area contributed by atoms with Crippen LogP contribution in [0, 0.1) is 0 Å². The first-order chi connectivity index (χ1) is 6.84. The van der Waals surface area contributed by atoms with E-state index in [-0.39, 0.29) is 6.10 Å². The smallest absolute Gasteiger partial charge is 0.0834 e. The third-order valence-electron chi connectivity index (χ3n) is 2.28. The summed E-state index contributed by atoms with van der Waals surface area (Å²) in [6.07, 6.45) is 1.29. The largest absolute Gasteiger partial charge is 0.379 e. The van der Waals surface area contributed by atoms with Crippen molar-refractivity contribution in [2.24, 2.45) is 0 Å². The SMILES string of the molecule is Sc1cccc(COC2CCOC2)c1. The number of rotatable bonds is 3. The van der Waals surface area contributed by atoms with Crippen molar-refractivity contribution < 1.29 is 9.47 Å². The Kier molecular flexibility index (Phi) is 3.45. The van der Waals surface area contributed by atoms with Crippen molar-refractivity contribution in [3.05, 3.63) is 29.8 Å². The van der Waals surface area contributed by atoms with E-state index in [4.69, 9.17) is 9.47 Å². The van der Waals surface area contributed by atoms with Gasteiger partial charge in [-0.2, -0.15) is 0 Å². The molecule has 0 bridgehead atoms. The van der Waals surface area contributed by atoms with Crippen molar-refractivity contribution in [2.75, 3.05) is 13.2 Å². The number of benzene rings is 1. The van der Waals surface area contributed by atoms with E-state index >= 15 is 0 Å². The second-order valence-electron chi connectivity index (χ2n) is 3.47. The van der Waals surface area contributed by atoms with Gasteiger partial charge >= 0.3 is 0 Å². The second kappa shape index (κ2) is 4.82. The summed E-state index contributed by atoms with van der Waals surface area (Å²) in [6, 6.07) is 8.03. The number of hydrogen-bond donors (Lipinski definition) is 1. The summed E-state index contributed by atoms with van der Waals surface area (Å²) in [6.45, 7) is 2.22. The van der Waals surface area contributed by atoms with Crippen molar-refractivity contribution in [2.45, 2.75) is 24.0 Å². The van der Waals surface area contributed by atoms with Gasteiger partial charge in [0.15, 0.2) is 0 Å². The Balaban J connectivity index is 1.85. The maximum absolute atomic E-state index is 5.69. The fraction of sp³-hybridized carbons (Fsp3) is 0.455. The molecule has 2 rings (SSSR count). The van der Waals surface area contributed by atoms with Gasteiger partial charge in [0.1, 0.15) is 0 Å². The molecule has 1 atom stereocenters. The van der Waals surface area contributed by atoms with Crippen LogP contribution < -0.4 is 0 Å². The lowest BCUT2D eigenvalue weighted by molar-refractivity contribution is 0.0317. The molecule has 1 fully saturated rings. The van der Waals surface area contributed by atoms with Crippen LogP contribution >= 0.6 is 12.6 Å². The van der Waals surface area contributed by atoms with Crippen LogP contribution in [-0.2, 0) is 16.1 Å². The predicted molar refractivity (Wildman–Crippen MR) is 57.7 cm³/mol. The monoisotopic (exact) mass is 210 g/mol. The molecule has 14 heavy (non-hydrogen) atoms. The van der Waals surface area contributed by atoms with E-state index < -0.39 is 0 Å². The molecule has 0 aliphatic carbocycles. The van der Waals surface area contributed by atoms with Crippen LogP contribution in [0.4, 0.5) is 0 Å². The Morgan fingerprint density at radius 3 is 3.14 bits per heavy atom. The van der Waals surface area contributed by atoms with E-state index in [1.54, 1.807) is 0 Å². The van der Waals surface area contributed by atoms with E-state index in [0.717, 1.165) is 24.5 Å². The lowest BCUT2D eigenvalue weighted by Gasteiger charge is -2.09. The molecule has 1 unspecified atom stereocenters. The molecular formula is C11H14O2S. The van der Waals surface area contributed by atoms with Crippen molar-refractivity contribution >= 4 is 12.6 Å². The van der Waals surface area contributed by atoms with Gasteiger partial charge < -0.3 is 9.47 Å². The highest BCUT2D eigenvalue weighted by atomic mass is 32.1. The molecule has 0 spiro atoms. The molecule has 0 radical (unpaired) electrons. The molecule has 1 saturated heterocycles. The highest BCUT2D eigenvalue weighted by Gasteiger charge is 2.15. The highest BCUT2D eigenvalue weighted by Crippen LogP contribution is 2.13. The topological polar surface area (TPSA) is 18.5 Å². The van der Waals surface area contributed by atoms with Gasteiger partial charge in [0.05, 0.1) is 19.3 Å². The van der Waals surface area contributed by atoms with Crippen LogP contribution in [0.15, 0.2) is 29.2 Å². The normalized spacial score (nSPS) is 21.4. The van der Waals surface area contributed by atoms with E-state index in [2.05, 4.69) is 18.7 Å². The van der Waals surface area contributed by atoms with Crippen molar-refractivity contribution in [3.63, 3.8) is 0 Å². The van der Waals surface area contributed by atoms with Gasteiger partial charge in [0, 0.05) is 11.5 Å². The zero-order valence-corrected chi connectivity index (χ0v) is 8.87. The third-order valence-corrected chi connectivity index (χ3v) is 2.56. The van der Waals surface area contributed by atoms with Crippen LogP contribution in [0.3, 0.4) is 0 Å². The molecule has 1 aliphatic heterocycles. The molecule has 1 heterocycles. The van der Waals surface area contributed by atoms with Gasteiger partial charge in [0.25, 0.3) is 0 Å². The maximum Gasteiger partial charge on any atom is 0.0834 e. The van der Waals surface area contributed by atoms with Crippen molar-refractivity contribution in [1.82, 2.24) is 0 Å². The fourth-order valence-corrected chi connectivity index (χ4v) is 1.76. The quantitative estimate of drug-likeness (QED) is 0.772. The van der Waals surface area contributed by atoms with Crippen LogP contribution in [0.25, 0.3) is 0 Å². The maximum atomic E-state index is 5.69. The lowest BCUT2D eigenvalue weighted by atomic mass is 10.2. The predicted octanol–water partition coefficient (Wildman–Crippen LogP) is 2.28. The summed E-state index contributed by atoms with van der Waals surface area (Å²) in [4.78, 5) is 0.980. The van der Waals surface area contributed by atoms with Crippen molar-refractivity contribution in [1.29, 1.82) is 0 Å². The molecule has 3 heteroatoms. The molecule has 2 nitrogen and oxygen atoms in total. The average molecular weight is 210 g/mol. The lowest BCUT2D eigenvalue weighted by Crippen LogP contribution is -2.11. The molecule has 0 amide bonds. The zero-order chi connectivity index (χ0) is 9.80. The van der Waals surface area contributed by atoms with Crippen LogP contribution in [-0.4, -0.2) is 19.3 Å². The fourth-order valence-electron chi connectivity index (χ4n) is 1.50. The van der Waals surface area contributed by atoms with E-state index in [0.29, 0.717) is 6.61 Å².